The van der Waals surface area contributed by atoms with Gasteiger partial charge >= 0.3 is 5.97 Å². The molecule has 1 aliphatic heterocycles. The molecule has 62 valence electrons. The van der Waals surface area contributed by atoms with Crippen LogP contribution in [0, 0.1) is 13.8 Å². The molecule has 1 aromatic carbocycles. The number of cyclic esters (lactones) is 1. The summed E-state index contributed by atoms with van der Waals surface area (Å²) in [6, 6.07) is 3.98. The first-order valence-electron chi connectivity index (χ1n) is 3.96. The number of rotatable bonds is 0. The maximum Gasteiger partial charge on any atom is 0.339 e. The highest BCUT2D eigenvalue weighted by atomic mass is 16.5. The Balaban J connectivity index is 2.72. The second-order valence-electron chi connectivity index (χ2n) is 3.13. The predicted molar refractivity (Wildman–Crippen MR) is 45.0 cm³/mol. The largest absolute Gasteiger partial charge is 0.457 e. The maximum absolute atomic E-state index is 11.2. The van der Waals surface area contributed by atoms with E-state index in [4.69, 9.17) is 4.74 Å². The average Bonchev–Trinajstić information content (AvgIpc) is 2.42. The van der Waals surface area contributed by atoms with Crippen LogP contribution in [0.25, 0.3) is 0 Å². The fourth-order valence-electron chi connectivity index (χ4n) is 1.55. The van der Waals surface area contributed by atoms with Crippen LogP contribution in [-0.2, 0) is 11.3 Å². The lowest BCUT2D eigenvalue weighted by Gasteiger charge is -2.01. The molecule has 0 atom stereocenters. The van der Waals surface area contributed by atoms with Crippen molar-refractivity contribution in [1.82, 2.24) is 0 Å². The fraction of sp³-hybridized carbons (Fsp3) is 0.300. The monoisotopic (exact) mass is 162 g/mol. The van der Waals surface area contributed by atoms with Gasteiger partial charge < -0.3 is 4.74 Å². The first-order valence-corrected chi connectivity index (χ1v) is 3.96. The van der Waals surface area contributed by atoms with Crippen molar-refractivity contribution in [2.45, 2.75) is 20.5 Å². The Morgan fingerprint density at radius 3 is 2.58 bits per heavy atom. The van der Waals surface area contributed by atoms with Crippen LogP contribution in [-0.4, -0.2) is 5.97 Å². The number of aryl methyl sites for hydroxylation is 2. The smallest absolute Gasteiger partial charge is 0.339 e. The van der Waals surface area contributed by atoms with Crippen LogP contribution in [0.1, 0.15) is 27.0 Å². The summed E-state index contributed by atoms with van der Waals surface area (Å²) >= 11 is 0. The fourth-order valence-corrected chi connectivity index (χ4v) is 1.55. The molecule has 2 heteroatoms. The first-order chi connectivity index (χ1) is 5.70. The molecular formula is C10H10O2. The summed E-state index contributed by atoms with van der Waals surface area (Å²) in [6.07, 6.45) is 0. The molecule has 0 unspecified atom stereocenters. The SMILES string of the molecule is Cc1ccc(C)c2c1COC2=O. The van der Waals surface area contributed by atoms with E-state index in [1.54, 1.807) is 0 Å². The number of hydrogen-bond acceptors (Lipinski definition) is 2. The van der Waals surface area contributed by atoms with E-state index in [9.17, 15) is 4.79 Å². The van der Waals surface area contributed by atoms with Gasteiger partial charge in [-0.15, -0.1) is 0 Å². The van der Waals surface area contributed by atoms with Crippen molar-refractivity contribution in [3.05, 3.63) is 34.4 Å². The number of benzene rings is 1. The van der Waals surface area contributed by atoms with Gasteiger partial charge in [-0.05, 0) is 25.0 Å². The second-order valence-corrected chi connectivity index (χ2v) is 3.13. The summed E-state index contributed by atoms with van der Waals surface area (Å²) in [7, 11) is 0. The molecule has 0 aliphatic carbocycles. The Morgan fingerprint density at radius 1 is 1.25 bits per heavy atom. The van der Waals surface area contributed by atoms with Crippen LogP contribution < -0.4 is 0 Å². The predicted octanol–water partition coefficient (Wildman–Crippen LogP) is 1.97. The average molecular weight is 162 g/mol. The number of hydrogen-bond donors (Lipinski definition) is 0. The molecule has 2 rings (SSSR count). The van der Waals surface area contributed by atoms with Gasteiger partial charge in [-0.3, -0.25) is 0 Å². The zero-order valence-electron chi connectivity index (χ0n) is 7.18. The van der Waals surface area contributed by atoms with Crippen LogP contribution in [0.4, 0.5) is 0 Å². The topological polar surface area (TPSA) is 26.3 Å². The van der Waals surface area contributed by atoms with Gasteiger partial charge in [-0.25, -0.2) is 4.79 Å². The highest BCUT2D eigenvalue weighted by Gasteiger charge is 2.24. The number of ether oxygens (including phenoxy) is 1. The van der Waals surface area contributed by atoms with E-state index in [0.717, 1.165) is 22.3 Å². The molecule has 0 N–H and O–H groups in total. The number of carbonyl (C=O) groups excluding carboxylic acids is 1. The van der Waals surface area contributed by atoms with Crippen molar-refractivity contribution in [2.24, 2.45) is 0 Å². The molecule has 0 fully saturated rings. The summed E-state index contributed by atoms with van der Waals surface area (Å²) < 4.78 is 4.95. The number of fused-ring (bicyclic) bond motifs is 1. The summed E-state index contributed by atoms with van der Waals surface area (Å²) in [5, 5.41) is 0. The van der Waals surface area contributed by atoms with E-state index in [2.05, 4.69) is 0 Å². The first kappa shape index (κ1) is 7.35. The van der Waals surface area contributed by atoms with E-state index in [1.807, 2.05) is 26.0 Å². The molecule has 2 nitrogen and oxygen atoms in total. The Kier molecular flexibility index (Phi) is 1.43. The lowest BCUT2D eigenvalue weighted by Crippen LogP contribution is -1.97. The normalized spacial score (nSPS) is 14.3. The Hall–Kier alpha value is -1.31. The third-order valence-electron chi connectivity index (χ3n) is 2.31. The van der Waals surface area contributed by atoms with Crippen molar-refractivity contribution >= 4 is 5.97 Å². The van der Waals surface area contributed by atoms with Crippen LogP contribution >= 0.6 is 0 Å². The van der Waals surface area contributed by atoms with Gasteiger partial charge in [0.1, 0.15) is 6.61 Å². The third kappa shape index (κ3) is 0.843. The maximum atomic E-state index is 11.2. The molecule has 1 aliphatic rings. The molecule has 1 aromatic rings. The number of esters is 1. The minimum Gasteiger partial charge on any atom is -0.457 e. The summed E-state index contributed by atoms with van der Waals surface area (Å²) in [4.78, 5) is 11.2. The van der Waals surface area contributed by atoms with Crippen LogP contribution in [0.15, 0.2) is 12.1 Å². The van der Waals surface area contributed by atoms with Gasteiger partial charge in [0.05, 0.1) is 5.56 Å². The van der Waals surface area contributed by atoms with Gasteiger partial charge in [0.15, 0.2) is 0 Å². The lowest BCUT2D eigenvalue weighted by atomic mass is 10.00. The Morgan fingerprint density at radius 2 is 1.92 bits per heavy atom. The van der Waals surface area contributed by atoms with E-state index in [-0.39, 0.29) is 5.97 Å². The standard InChI is InChI=1S/C10H10O2/c1-6-3-4-7(2)9-8(6)5-12-10(9)11/h3-4H,5H2,1-2H3. The van der Waals surface area contributed by atoms with Gasteiger partial charge in [0, 0.05) is 5.56 Å². The minimum absolute atomic E-state index is 0.175. The summed E-state index contributed by atoms with van der Waals surface area (Å²) in [5.41, 5.74) is 3.98. The van der Waals surface area contributed by atoms with Gasteiger partial charge in [-0.1, -0.05) is 12.1 Å². The molecule has 0 aromatic heterocycles. The molecule has 0 saturated carbocycles. The van der Waals surface area contributed by atoms with E-state index >= 15 is 0 Å². The summed E-state index contributed by atoms with van der Waals surface area (Å²) in [5.74, 6) is -0.175. The van der Waals surface area contributed by atoms with Crippen molar-refractivity contribution in [2.75, 3.05) is 0 Å². The molecule has 0 amide bonds. The third-order valence-corrected chi connectivity index (χ3v) is 2.31. The van der Waals surface area contributed by atoms with Crippen LogP contribution in [0.5, 0.6) is 0 Å². The van der Waals surface area contributed by atoms with Crippen molar-refractivity contribution in [3.63, 3.8) is 0 Å². The van der Waals surface area contributed by atoms with Crippen LogP contribution in [0.2, 0.25) is 0 Å². The van der Waals surface area contributed by atoms with E-state index in [0.29, 0.717) is 6.61 Å². The molecular weight excluding hydrogens is 152 g/mol. The van der Waals surface area contributed by atoms with E-state index < -0.39 is 0 Å². The summed E-state index contributed by atoms with van der Waals surface area (Å²) in [6.45, 7) is 4.38. The van der Waals surface area contributed by atoms with Gasteiger partial charge in [0.25, 0.3) is 0 Å². The zero-order valence-corrected chi connectivity index (χ0v) is 7.18. The highest BCUT2D eigenvalue weighted by molar-refractivity contribution is 5.95. The van der Waals surface area contributed by atoms with Crippen molar-refractivity contribution < 1.29 is 9.53 Å². The molecule has 0 radical (unpaired) electrons. The highest BCUT2D eigenvalue weighted by Crippen LogP contribution is 2.25. The molecule has 0 bridgehead atoms. The van der Waals surface area contributed by atoms with E-state index in [1.165, 1.54) is 0 Å². The number of carbonyl (C=O) groups is 1. The molecule has 0 saturated heterocycles. The van der Waals surface area contributed by atoms with Crippen molar-refractivity contribution in [3.8, 4) is 0 Å². The molecule has 1 heterocycles. The minimum atomic E-state index is -0.175. The molecule has 0 spiro atoms. The Labute approximate surface area is 71.2 Å². The second kappa shape index (κ2) is 2.34. The lowest BCUT2D eigenvalue weighted by molar-refractivity contribution is 0.0534. The van der Waals surface area contributed by atoms with Gasteiger partial charge in [-0.2, -0.15) is 0 Å². The zero-order chi connectivity index (χ0) is 8.72. The van der Waals surface area contributed by atoms with Gasteiger partial charge in [0.2, 0.25) is 0 Å². The van der Waals surface area contributed by atoms with Crippen LogP contribution in [0.3, 0.4) is 0 Å². The quantitative estimate of drug-likeness (QED) is 0.545. The van der Waals surface area contributed by atoms with Crippen molar-refractivity contribution in [1.29, 1.82) is 0 Å². The Bertz CT molecular complexity index is 353. The molecule has 12 heavy (non-hydrogen) atoms.